The van der Waals surface area contributed by atoms with Gasteiger partial charge in [-0.05, 0) is 48.5 Å². The molecule has 0 spiro atoms. The van der Waals surface area contributed by atoms with Crippen LogP contribution in [0.5, 0.6) is 0 Å². The van der Waals surface area contributed by atoms with E-state index in [1.54, 1.807) is 0 Å². The minimum Gasteiger partial charge on any atom is -0.301 e. The number of halogens is 2. The van der Waals surface area contributed by atoms with Crippen molar-refractivity contribution < 1.29 is 9.15 Å². The minimum atomic E-state index is 0.589. The Morgan fingerprint density at radius 1 is 0.529 bits per heavy atom. The van der Waals surface area contributed by atoms with Crippen LogP contribution in [0.3, 0.4) is 0 Å². The van der Waals surface area contributed by atoms with Crippen molar-refractivity contribution in [1.29, 1.82) is 0 Å². The summed E-state index contributed by atoms with van der Waals surface area (Å²) in [4.78, 5) is 4.02. The average Bonchev–Trinajstić information content (AvgIpc) is 2.84. The van der Waals surface area contributed by atoms with Crippen molar-refractivity contribution in [2.75, 3.05) is 38.0 Å². The van der Waals surface area contributed by atoms with Gasteiger partial charge in [0.05, 0.1) is 0 Å². The van der Waals surface area contributed by atoms with Gasteiger partial charge in [-0.25, -0.2) is 9.15 Å². The van der Waals surface area contributed by atoms with E-state index < -0.39 is 0 Å². The second-order valence-electron chi connectivity index (χ2n) is 8.06. The van der Waals surface area contributed by atoms with Crippen LogP contribution in [0.25, 0.3) is 0 Å². The van der Waals surface area contributed by atoms with Crippen molar-refractivity contribution in [3.8, 4) is 0 Å². The van der Waals surface area contributed by atoms with E-state index in [2.05, 4.69) is 0 Å². The SMILES string of the molecule is C[N+](C)=C/C=C(\Cl)N(c1ccccc1)c1ccc(N(/C(Cl)=C/C=[N+](C)C)c2ccccc2)cc1. The van der Waals surface area contributed by atoms with Gasteiger partial charge in [-0.2, -0.15) is 0 Å². The van der Waals surface area contributed by atoms with Gasteiger partial charge in [-0.3, -0.25) is 0 Å². The summed E-state index contributed by atoms with van der Waals surface area (Å²) in [5, 5.41) is 1.18. The second-order valence-corrected chi connectivity index (χ2v) is 8.84. The summed E-state index contributed by atoms with van der Waals surface area (Å²) in [7, 11) is 7.86. The Morgan fingerprint density at radius 2 is 0.824 bits per heavy atom. The second kappa shape index (κ2) is 12.2. The summed E-state index contributed by atoms with van der Waals surface area (Å²) in [6.45, 7) is 0. The first-order valence-electron chi connectivity index (χ1n) is 10.9. The number of anilines is 4. The van der Waals surface area contributed by atoms with Crippen LogP contribution in [0.15, 0.2) is 107 Å². The number of rotatable bonds is 8. The van der Waals surface area contributed by atoms with Gasteiger partial charge in [-0.15, -0.1) is 0 Å². The molecular weight excluding hydrogens is 463 g/mol. The topological polar surface area (TPSA) is 12.5 Å². The highest BCUT2D eigenvalue weighted by Gasteiger charge is 2.16. The molecule has 0 aliphatic heterocycles. The third-order valence-corrected chi connectivity index (χ3v) is 5.43. The quantitative estimate of drug-likeness (QED) is 0.194. The van der Waals surface area contributed by atoms with Gasteiger partial charge in [0.2, 0.25) is 0 Å². The minimum absolute atomic E-state index is 0.589. The molecule has 3 aromatic carbocycles. The molecule has 4 nitrogen and oxygen atoms in total. The highest BCUT2D eigenvalue weighted by molar-refractivity contribution is 6.33. The Hall–Kier alpha value is -3.34. The van der Waals surface area contributed by atoms with Crippen molar-refractivity contribution in [2.45, 2.75) is 0 Å². The third kappa shape index (κ3) is 6.83. The monoisotopic (exact) mass is 492 g/mol. The molecule has 0 N–H and O–H groups in total. The molecule has 3 rings (SSSR count). The van der Waals surface area contributed by atoms with Crippen LogP contribution in [-0.2, 0) is 0 Å². The summed E-state index contributed by atoms with van der Waals surface area (Å²) in [6, 6.07) is 28.3. The van der Waals surface area contributed by atoms with E-state index in [1.165, 1.54) is 0 Å². The predicted octanol–water partition coefficient (Wildman–Crippen LogP) is 6.81. The van der Waals surface area contributed by atoms with Crippen molar-refractivity contribution in [3.05, 3.63) is 107 Å². The molecule has 0 unspecified atom stereocenters. The maximum atomic E-state index is 6.76. The van der Waals surface area contributed by atoms with Gasteiger partial charge >= 0.3 is 0 Å². The first kappa shape index (κ1) is 25.3. The van der Waals surface area contributed by atoms with Crippen LogP contribution in [0, 0.1) is 0 Å². The van der Waals surface area contributed by atoms with Crippen molar-refractivity contribution >= 4 is 58.4 Å². The van der Waals surface area contributed by atoms with Gasteiger partial charge < -0.3 is 9.80 Å². The fourth-order valence-electron chi connectivity index (χ4n) is 3.27. The number of allylic oxidation sites excluding steroid dienone is 2. The molecule has 0 aromatic heterocycles. The summed E-state index contributed by atoms with van der Waals surface area (Å²) in [6.07, 6.45) is 7.62. The Kier molecular flexibility index (Phi) is 9.08. The number of para-hydroxylation sites is 2. The number of hydrogen-bond donors (Lipinski definition) is 0. The smallest absolute Gasteiger partial charge is 0.165 e. The number of nitrogens with zero attached hydrogens (tertiary/aromatic N) is 4. The molecule has 0 radical (unpaired) electrons. The van der Waals surface area contributed by atoms with E-state index in [9.17, 15) is 0 Å². The van der Waals surface area contributed by atoms with Crippen molar-refractivity contribution in [3.63, 3.8) is 0 Å². The highest BCUT2D eigenvalue weighted by atomic mass is 35.5. The summed E-state index contributed by atoms with van der Waals surface area (Å²) in [5.41, 5.74) is 3.83. The maximum Gasteiger partial charge on any atom is 0.165 e. The number of benzene rings is 3. The molecule has 0 saturated carbocycles. The molecule has 0 amide bonds. The van der Waals surface area contributed by atoms with Gasteiger partial charge in [-0.1, -0.05) is 59.6 Å². The molecule has 0 aliphatic carbocycles. The Labute approximate surface area is 212 Å². The molecule has 0 heterocycles. The molecule has 6 heteroatoms. The van der Waals surface area contributed by atoms with E-state index in [1.807, 2.05) is 157 Å². The van der Waals surface area contributed by atoms with Crippen molar-refractivity contribution in [2.24, 2.45) is 0 Å². The van der Waals surface area contributed by atoms with Crippen LogP contribution in [0.2, 0.25) is 0 Å². The van der Waals surface area contributed by atoms with E-state index in [0.29, 0.717) is 10.3 Å². The normalized spacial score (nSPS) is 11.6. The zero-order valence-corrected chi connectivity index (χ0v) is 21.4. The van der Waals surface area contributed by atoms with E-state index in [0.717, 1.165) is 22.7 Å². The van der Waals surface area contributed by atoms with Gasteiger partial charge in [0, 0.05) is 34.9 Å². The Balaban J connectivity index is 2.05. The zero-order valence-electron chi connectivity index (χ0n) is 19.9. The maximum absolute atomic E-state index is 6.76. The Morgan fingerprint density at radius 3 is 1.12 bits per heavy atom. The molecule has 0 saturated heterocycles. The molecule has 3 aromatic rings. The van der Waals surface area contributed by atoms with Gasteiger partial charge in [0.1, 0.15) is 38.5 Å². The molecule has 0 fully saturated rings. The highest BCUT2D eigenvalue weighted by Crippen LogP contribution is 2.36. The molecule has 0 atom stereocenters. The zero-order chi connectivity index (χ0) is 24.5. The Bertz CT molecular complexity index is 1090. The molecule has 0 bridgehead atoms. The largest absolute Gasteiger partial charge is 0.301 e. The first-order valence-corrected chi connectivity index (χ1v) is 11.7. The molecular formula is C28H30Cl2N4+2. The van der Waals surface area contributed by atoms with Gasteiger partial charge in [0.25, 0.3) is 0 Å². The number of hydrogen-bond acceptors (Lipinski definition) is 2. The third-order valence-electron chi connectivity index (χ3n) is 4.84. The van der Waals surface area contributed by atoms with Crippen molar-refractivity contribution in [1.82, 2.24) is 0 Å². The predicted molar refractivity (Wildman–Crippen MR) is 148 cm³/mol. The van der Waals surface area contributed by atoms with Gasteiger partial charge in [0.15, 0.2) is 12.4 Å². The fourth-order valence-corrected chi connectivity index (χ4v) is 3.77. The van der Waals surface area contributed by atoms with E-state index in [4.69, 9.17) is 23.2 Å². The molecule has 0 aliphatic rings. The summed E-state index contributed by atoms with van der Waals surface area (Å²) in [5.74, 6) is 0. The first-order chi connectivity index (χ1) is 16.4. The lowest BCUT2D eigenvalue weighted by Crippen LogP contribution is -2.16. The average molecular weight is 493 g/mol. The van der Waals surface area contributed by atoms with E-state index >= 15 is 0 Å². The van der Waals surface area contributed by atoms with Crippen LogP contribution in [0.1, 0.15) is 0 Å². The van der Waals surface area contributed by atoms with E-state index in [-0.39, 0.29) is 0 Å². The molecule has 34 heavy (non-hydrogen) atoms. The van der Waals surface area contributed by atoms with Crippen LogP contribution < -0.4 is 9.80 Å². The lowest BCUT2D eigenvalue weighted by atomic mass is 10.2. The van der Waals surface area contributed by atoms with Crippen LogP contribution in [0.4, 0.5) is 22.7 Å². The lowest BCUT2D eigenvalue weighted by Gasteiger charge is -2.27. The van der Waals surface area contributed by atoms with Crippen LogP contribution in [-0.4, -0.2) is 49.8 Å². The summed E-state index contributed by atoms with van der Waals surface area (Å²) >= 11 is 13.5. The van der Waals surface area contributed by atoms with Crippen LogP contribution >= 0.6 is 23.2 Å². The molecule has 174 valence electrons. The lowest BCUT2D eigenvalue weighted by molar-refractivity contribution is -0.458. The fraction of sp³-hybridized carbons (Fsp3) is 0.143. The standard InChI is InChI=1S/C28H30Cl2N4/c1-31(2)21-19-27(29)33(23-11-7-5-8-12-23)25-15-17-26(18-16-25)34(24-13-9-6-10-14-24)28(30)20-22-32(3)4/h5-22H,1-4H3/q+2. The summed E-state index contributed by atoms with van der Waals surface area (Å²) < 4.78 is 3.90.